The van der Waals surface area contributed by atoms with E-state index < -0.39 is 5.54 Å². The summed E-state index contributed by atoms with van der Waals surface area (Å²) in [6, 6.07) is 7.60. The van der Waals surface area contributed by atoms with Crippen LogP contribution in [0.25, 0.3) is 0 Å². The Morgan fingerprint density at radius 3 is 2.70 bits per heavy atom. The molecule has 0 bridgehead atoms. The van der Waals surface area contributed by atoms with Gasteiger partial charge in [-0.15, -0.1) is 0 Å². The van der Waals surface area contributed by atoms with Crippen molar-refractivity contribution in [2.24, 2.45) is 0 Å². The highest BCUT2D eigenvalue weighted by atomic mass is 16.5. The third-order valence-electron chi connectivity index (χ3n) is 2.94. The van der Waals surface area contributed by atoms with Gasteiger partial charge in [-0.3, -0.25) is 5.32 Å². The number of nitrogens with one attached hydrogen (secondary N) is 1. The largest absolute Gasteiger partial charge is 0.491 e. The molecule has 112 valence electrons. The van der Waals surface area contributed by atoms with E-state index in [9.17, 15) is 4.79 Å². The summed E-state index contributed by atoms with van der Waals surface area (Å²) in [6.45, 7) is 5.07. The smallest absolute Gasteiger partial charge is 0.329 e. The maximum atomic E-state index is 11.8. The Hall–Kier alpha value is -1.59. The van der Waals surface area contributed by atoms with Gasteiger partial charge in [0.15, 0.2) is 0 Å². The zero-order valence-corrected chi connectivity index (χ0v) is 12.6. The first kappa shape index (κ1) is 16.5. The number of carbonyl (C=O) groups excluding carboxylic acids is 1. The number of benzene rings is 1. The maximum absolute atomic E-state index is 11.8. The minimum absolute atomic E-state index is 0.198. The van der Waals surface area contributed by atoms with Crippen LogP contribution >= 0.6 is 0 Å². The molecule has 0 heterocycles. The number of hydrogen-bond acceptors (Lipinski definition) is 5. The lowest BCUT2D eigenvalue weighted by molar-refractivity contribution is -0.149. The Morgan fingerprint density at radius 2 is 2.10 bits per heavy atom. The Balaban J connectivity index is 2.72. The van der Waals surface area contributed by atoms with Gasteiger partial charge >= 0.3 is 5.97 Å². The second-order valence-corrected chi connectivity index (χ2v) is 4.72. The van der Waals surface area contributed by atoms with E-state index in [4.69, 9.17) is 14.2 Å². The highest BCUT2D eigenvalue weighted by molar-refractivity contribution is 5.80. The highest BCUT2D eigenvalue weighted by Gasteiger charge is 2.34. The van der Waals surface area contributed by atoms with Crippen molar-refractivity contribution in [2.75, 3.05) is 27.4 Å². The molecule has 0 aliphatic carbocycles. The van der Waals surface area contributed by atoms with Crippen molar-refractivity contribution in [3.8, 4) is 5.75 Å². The molecule has 0 fully saturated rings. The van der Waals surface area contributed by atoms with Crippen LogP contribution in [0.15, 0.2) is 24.3 Å². The van der Waals surface area contributed by atoms with Crippen LogP contribution in [0.3, 0.4) is 0 Å². The van der Waals surface area contributed by atoms with Crippen LogP contribution in [0.5, 0.6) is 5.75 Å². The molecule has 0 spiro atoms. The summed E-state index contributed by atoms with van der Waals surface area (Å²) in [5.74, 6) is 0.361. The van der Waals surface area contributed by atoms with E-state index in [0.29, 0.717) is 18.9 Å². The molecule has 5 nitrogen and oxygen atoms in total. The van der Waals surface area contributed by atoms with Gasteiger partial charge in [0.2, 0.25) is 0 Å². The summed E-state index contributed by atoms with van der Waals surface area (Å²) in [4.78, 5) is 11.8. The van der Waals surface area contributed by atoms with E-state index in [0.717, 1.165) is 5.56 Å². The lowest BCUT2D eigenvalue weighted by atomic mass is 10.0. The van der Waals surface area contributed by atoms with Gasteiger partial charge in [-0.1, -0.05) is 19.1 Å². The second kappa shape index (κ2) is 7.87. The Morgan fingerprint density at radius 1 is 1.35 bits per heavy atom. The number of methoxy groups -OCH3 is 2. The summed E-state index contributed by atoms with van der Waals surface area (Å²) in [5.41, 5.74) is 0.161. The van der Waals surface area contributed by atoms with E-state index in [2.05, 4.69) is 5.32 Å². The zero-order chi connectivity index (χ0) is 15.0. The van der Waals surface area contributed by atoms with Gasteiger partial charge in [0, 0.05) is 7.11 Å². The molecule has 1 rings (SSSR count). The zero-order valence-electron chi connectivity index (χ0n) is 12.6. The van der Waals surface area contributed by atoms with Gasteiger partial charge in [-0.25, -0.2) is 4.79 Å². The number of rotatable bonds is 8. The fourth-order valence-electron chi connectivity index (χ4n) is 1.92. The van der Waals surface area contributed by atoms with Gasteiger partial charge in [0.1, 0.15) is 17.9 Å². The first-order chi connectivity index (χ1) is 9.55. The Kier molecular flexibility index (Phi) is 6.48. The first-order valence-electron chi connectivity index (χ1n) is 6.60. The molecule has 0 aliphatic rings. The summed E-state index contributed by atoms with van der Waals surface area (Å²) in [5, 5.41) is 3.10. The molecule has 20 heavy (non-hydrogen) atoms. The van der Waals surface area contributed by atoms with Crippen molar-refractivity contribution < 1.29 is 19.0 Å². The Labute approximate surface area is 120 Å². The van der Waals surface area contributed by atoms with Crippen LogP contribution in [0.4, 0.5) is 0 Å². The quantitative estimate of drug-likeness (QED) is 0.736. The normalized spacial score (nSPS) is 13.6. The summed E-state index contributed by atoms with van der Waals surface area (Å²) >= 11 is 0. The monoisotopic (exact) mass is 281 g/mol. The average molecular weight is 281 g/mol. The number of likely N-dealkylation sites (N-methyl/N-ethyl adjacent to an activating group) is 1. The molecule has 1 atom stereocenters. The molecule has 0 aliphatic heterocycles. The molecule has 1 N–H and O–H groups in total. The van der Waals surface area contributed by atoms with Gasteiger partial charge in [0.25, 0.3) is 0 Å². The Bertz CT molecular complexity index is 436. The maximum Gasteiger partial charge on any atom is 0.329 e. The number of hydrogen-bond donors (Lipinski definition) is 1. The number of carbonyl (C=O) groups is 1. The van der Waals surface area contributed by atoms with Crippen molar-refractivity contribution in [2.45, 2.75) is 26.0 Å². The molecule has 0 aromatic heterocycles. The lowest BCUT2D eigenvalue weighted by Crippen LogP contribution is -2.54. The topological polar surface area (TPSA) is 56.8 Å². The van der Waals surface area contributed by atoms with Crippen molar-refractivity contribution in [1.82, 2.24) is 5.32 Å². The van der Waals surface area contributed by atoms with E-state index in [1.165, 1.54) is 7.11 Å². The summed E-state index contributed by atoms with van der Waals surface area (Å²) in [6.07, 6.45) is 0. The predicted octanol–water partition coefficient (Wildman–Crippen LogP) is 1.75. The van der Waals surface area contributed by atoms with E-state index in [1.807, 2.05) is 31.2 Å². The van der Waals surface area contributed by atoms with Gasteiger partial charge in [0.05, 0.1) is 13.7 Å². The molecule has 0 radical (unpaired) electrons. The van der Waals surface area contributed by atoms with Crippen LogP contribution < -0.4 is 10.1 Å². The van der Waals surface area contributed by atoms with Gasteiger partial charge < -0.3 is 14.2 Å². The lowest BCUT2D eigenvalue weighted by Gasteiger charge is -2.27. The summed E-state index contributed by atoms with van der Waals surface area (Å²) < 4.78 is 15.6. The van der Waals surface area contributed by atoms with E-state index in [1.54, 1.807) is 14.0 Å². The molecule has 0 amide bonds. The van der Waals surface area contributed by atoms with E-state index in [-0.39, 0.29) is 12.6 Å². The molecular weight excluding hydrogens is 258 g/mol. The van der Waals surface area contributed by atoms with Crippen molar-refractivity contribution in [1.29, 1.82) is 0 Å². The molecule has 1 aromatic carbocycles. The molecule has 5 heteroatoms. The first-order valence-corrected chi connectivity index (χ1v) is 6.60. The molecular formula is C15H23NO4. The van der Waals surface area contributed by atoms with Crippen LogP contribution in [0, 0.1) is 0 Å². The SMILES string of the molecule is CCNC(C)(COc1cccc(COC)c1)C(=O)OC. The third-order valence-corrected chi connectivity index (χ3v) is 2.94. The van der Waals surface area contributed by atoms with Crippen LogP contribution in [0.2, 0.25) is 0 Å². The molecule has 1 unspecified atom stereocenters. The van der Waals surface area contributed by atoms with Crippen LogP contribution in [-0.2, 0) is 20.9 Å². The van der Waals surface area contributed by atoms with Crippen molar-refractivity contribution >= 4 is 5.97 Å². The summed E-state index contributed by atoms with van der Waals surface area (Å²) in [7, 11) is 3.02. The van der Waals surface area contributed by atoms with Crippen molar-refractivity contribution in [3.05, 3.63) is 29.8 Å². The number of ether oxygens (including phenoxy) is 3. The fourth-order valence-corrected chi connectivity index (χ4v) is 1.92. The molecule has 1 aromatic rings. The molecule has 0 saturated heterocycles. The van der Waals surface area contributed by atoms with E-state index >= 15 is 0 Å². The van der Waals surface area contributed by atoms with Crippen LogP contribution in [0.1, 0.15) is 19.4 Å². The standard InChI is InChI=1S/C15H23NO4/c1-5-16-15(2,14(17)19-4)11-20-13-8-6-7-12(9-13)10-18-3/h6-9,16H,5,10-11H2,1-4H3. The van der Waals surface area contributed by atoms with Crippen LogP contribution in [-0.4, -0.2) is 38.9 Å². The van der Waals surface area contributed by atoms with Crippen molar-refractivity contribution in [3.63, 3.8) is 0 Å². The fraction of sp³-hybridized carbons (Fsp3) is 0.533. The average Bonchev–Trinajstić information content (AvgIpc) is 2.45. The minimum Gasteiger partial charge on any atom is -0.491 e. The molecule has 0 saturated carbocycles. The highest BCUT2D eigenvalue weighted by Crippen LogP contribution is 2.16. The van der Waals surface area contributed by atoms with Gasteiger partial charge in [-0.05, 0) is 31.2 Å². The predicted molar refractivity (Wildman–Crippen MR) is 76.7 cm³/mol. The third kappa shape index (κ3) is 4.51. The minimum atomic E-state index is -0.860. The number of esters is 1. The second-order valence-electron chi connectivity index (χ2n) is 4.72. The van der Waals surface area contributed by atoms with Gasteiger partial charge in [-0.2, -0.15) is 0 Å².